The minimum absolute atomic E-state index is 0.0103. The average molecular weight is 515 g/mol. The quantitative estimate of drug-likeness (QED) is 0.260. The Morgan fingerprint density at radius 3 is 2.27 bits per heavy atom. The Hall–Kier alpha value is -2.18. The number of aliphatic hydroxyl groups excluding tert-OH is 2. The van der Waals surface area contributed by atoms with Gasteiger partial charge in [-0.2, -0.15) is 0 Å². The highest BCUT2D eigenvalue weighted by atomic mass is 16.4. The molecule has 7 atom stereocenters. The van der Waals surface area contributed by atoms with Crippen molar-refractivity contribution in [1.82, 2.24) is 0 Å². The highest BCUT2D eigenvalue weighted by Crippen LogP contribution is 2.70. The zero-order chi connectivity index (χ0) is 27.9. The van der Waals surface area contributed by atoms with E-state index < -0.39 is 46.1 Å². The molecule has 6 nitrogen and oxygen atoms in total. The molecule has 3 aliphatic carbocycles. The average Bonchev–Trinajstić information content (AvgIpc) is 3.03. The van der Waals surface area contributed by atoms with E-state index in [0.29, 0.717) is 44.1 Å². The van der Waals surface area contributed by atoms with E-state index in [-0.39, 0.29) is 24.9 Å². The number of hydrogen-bond donors (Lipinski definition) is 4. The van der Waals surface area contributed by atoms with Crippen molar-refractivity contribution in [2.45, 2.75) is 85.7 Å². The lowest BCUT2D eigenvalue weighted by Gasteiger charge is -2.56. The number of aliphatic carboxylic acids is 2. The Balaban J connectivity index is 2.06. The molecular weight excluding hydrogens is 468 g/mol. The van der Waals surface area contributed by atoms with Crippen LogP contribution in [0.15, 0.2) is 47.6 Å². The smallest absolute Gasteiger partial charge is 0.306 e. The minimum Gasteiger partial charge on any atom is -0.481 e. The van der Waals surface area contributed by atoms with Crippen LogP contribution in [0.2, 0.25) is 0 Å². The van der Waals surface area contributed by atoms with E-state index >= 15 is 0 Å². The second kappa shape index (κ2) is 10.5. The maximum Gasteiger partial charge on any atom is 0.306 e. The maximum absolute atomic E-state index is 12.6. The molecule has 37 heavy (non-hydrogen) atoms. The highest BCUT2D eigenvalue weighted by molar-refractivity contribution is 5.71. The summed E-state index contributed by atoms with van der Waals surface area (Å²) in [5.74, 6) is -2.64. The fraction of sp³-hybridized carbons (Fsp3) is 0.677. The number of rotatable bonds is 11. The van der Waals surface area contributed by atoms with Crippen LogP contribution in [-0.2, 0) is 9.59 Å². The summed E-state index contributed by atoms with van der Waals surface area (Å²) < 4.78 is 0. The minimum atomic E-state index is -0.871. The topological polar surface area (TPSA) is 115 Å². The van der Waals surface area contributed by atoms with E-state index in [4.69, 9.17) is 0 Å². The number of hydrogen-bond acceptors (Lipinski definition) is 4. The first-order valence-electron chi connectivity index (χ1n) is 13.6. The molecular formula is C31H46O6. The van der Waals surface area contributed by atoms with E-state index in [0.717, 1.165) is 16.7 Å². The molecule has 0 bridgehead atoms. The van der Waals surface area contributed by atoms with Gasteiger partial charge >= 0.3 is 11.9 Å². The van der Waals surface area contributed by atoms with Crippen molar-refractivity contribution in [1.29, 1.82) is 0 Å². The number of allylic oxidation sites excluding steroid dienone is 5. The first-order valence-corrected chi connectivity index (χ1v) is 13.6. The Labute approximate surface area is 221 Å². The van der Waals surface area contributed by atoms with E-state index in [1.165, 1.54) is 0 Å². The molecule has 0 saturated heterocycles. The molecule has 4 N–H and O–H groups in total. The second-order valence-corrected chi connectivity index (χ2v) is 12.7. The van der Waals surface area contributed by atoms with Crippen LogP contribution >= 0.6 is 0 Å². The molecule has 1 fully saturated rings. The van der Waals surface area contributed by atoms with Gasteiger partial charge in [0.2, 0.25) is 0 Å². The summed E-state index contributed by atoms with van der Waals surface area (Å²) in [5, 5.41) is 41.1. The molecule has 206 valence electrons. The molecule has 0 aromatic heterocycles. The van der Waals surface area contributed by atoms with Crippen LogP contribution < -0.4 is 0 Å². The summed E-state index contributed by atoms with van der Waals surface area (Å²) in [6.45, 7) is 18.6. The van der Waals surface area contributed by atoms with Gasteiger partial charge in [-0.15, -0.1) is 0 Å². The van der Waals surface area contributed by atoms with Crippen molar-refractivity contribution in [2.24, 2.45) is 39.9 Å². The summed E-state index contributed by atoms with van der Waals surface area (Å²) in [7, 11) is 0. The number of carboxylic acids is 2. The van der Waals surface area contributed by atoms with Gasteiger partial charge in [-0.25, -0.2) is 0 Å². The predicted octanol–water partition coefficient (Wildman–Crippen LogP) is 5.77. The molecule has 3 rings (SSSR count). The largest absolute Gasteiger partial charge is 0.481 e. The molecule has 0 spiro atoms. The molecule has 0 aliphatic heterocycles. The Morgan fingerprint density at radius 2 is 1.73 bits per heavy atom. The first kappa shape index (κ1) is 29.4. The lowest BCUT2D eigenvalue weighted by molar-refractivity contribution is -0.148. The lowest BCUT2D eigenvalue weighted by Crippen LogP contribution is -2.49. The van der Waals surface area contributed by atoms with Crippen molar-refractivity contribution >= 4 is 11.9 Å². The normalized spacial score (nSPS) is 35.7. The second-order valence-electron chi connectivity index (χ2n) is 12.7. The van der Waals surface area contributed by atoms with Crippen LogP contribution in [0.5, 0.6) is 0 Å². The Kier molecular flexibility index (Phi) is 8.36. The Bertz CT molecular complexity index is 1020. The summed E-state index contributed by atoms with van der Waals surface area (Å²) in [5.41, 5.74) is 2.45. The number of carboxylic acid groups (broad SMARTS) is 2. The van der Waals surface area contributed by atoms with Crippen molar-refractivity contribution in [3.8, 4) is 0 Å². The van der Waals surface area contributed by atoms with Gasteiger partial charge in [-0.1, -0.05) is 65.5 Å². The molecule has 0 heterocycles. The van der Waals surface area contributed by atoms with Crippen LogP contribution in [-0.4, -0.2) is 45.1 Å². The third kappa shape index (κ3) is 4.87. The molecule has 0 aromatic rings. The monoisotopic (exact) mass is 514 g/mol. The zero-order valence-corrected chi connectivity index (χ0v) is 23.2. The fourth-order valence-electron chi connectivity index (χ4n) is 7.83. The van der Waals surface area contributed by atoms with Gasteiger partial charge in [0.05, 0.1) is 18.6 Å². The number of carbonyl (C=O) groups is 2. The summed E-state index contributed by atoms with van der Waals surface area (Å²) in [6, 6.07) is 0. The van der Waals surface area contributed by atoms with Gasteiger partial charge in [0, 0.05) is 17.8 Å². The van der Waals surface area contributed by atoms with Crippen molar-refractivity contribution < 1.29 is 30.0 Å². The molecule has 0 radical (unpaired) electrons. The van der Waals surface area contributed by atoms with E-state index in [1.54, 1.807) is 0 Å². The van der Waals surface area contributed by atoms with Gasteiger partial charge in [-0.05, 0) is 77.9 Å². The number of aliphatic hydroxyl groups is 2. The molecule has 0 aromatic carbocycles. The predicted molar refractivity (Wildman–Crippen MR) is 145 cm³/mol. The van der Waals surface area contributed by atoms with Crippen molar-refractivity contribution in [3.63, 3.8) is 0 Å². The van der Waals surface area contributed by atoms with Gasteiger partial charge in [0.15, 0.2) is 0 Å². The van der Waals surface area contributed by atoms with Crippen LogP contribution in [0, 0.1) is 39.9 Å². The summed E-state index contributed by atoms with van der Waals surface area (Å²) in [6.07, 6.45) is 6.79. The molecule has 7 unspecified atom stereocenters. The SMILES string of the molecule is C=C(CCC(C(=O)O)C1C(O)CC2(C)C3=CCC(C(=C)CO)C(C)(CCC(=O)O)C3=CCC12C)C(C)C. The molecule has 6 heteroatoms. The molecule has 3 aliphatic rings. The molecule has 0 amide bonds. The van der Waals surface area contributed by atoms with Crippen molar-refractivity contribution in [2.75, 3.05) is 6.61 Å². The van der Waals surface area contributed by atoms with Crippen LogP contribution in [0.4, 0.5) is 0 Å². The summed E-state index contributed by atoms with van der Waals surface area (Å²) in [4.78, 5) is 24.1. The van der Waals surface area contributed by atoms with Gasteiger partial charge in [0.25, 0.3) is 0 Å². The fourth-order valence-corrected chi connectivity index (χ4v) is 7.83. The van der Waals surface area contributed by atoms with E-state index in [1.807, 2.05) is 0 Å². The van der Waals surface area contributed by atoms with Gasteiger partial charge in [0.1, 0.15) is 0 Å². The lowest BCUT2D eigenvalue weighted by atomic mass is 9.48. The third-order valence-electron chi connectivity index (χ3n) is 10.5. The standard InChI is InChI=1S/C31H46O6/c1-18(2)19(3)8-9-21(28(36)37)27-25(33)16-31(7)24-11-10-22(20(4)17-32)29(5,14-13-26(34)35)23(24)12-15-30(27,31)6/h11-12,18,21-22,25,27,32-33H,3-4,8-10,13-17H2,1-2,5-7H3,(H,34,35)(H,36,37). The molecule has 1 saturated carbocycles. The summed E-state index contributed by atoms with van der Waals surface area (Å²) >= 11 is 0. The number of fused-ring (bicyclic) bond motifs is 3. The van der Waals surface area contributed by atoms with Crippen LogP contribution in [0.25, 0.3) is 0 Å². The van der Waals surface area contributed by atoms with Crippen molar-refractivity contribution in [3.05, 3.63) is 47.6 Å². The highest BCUT2D eigenvalue weighted by Gasteiger charge is 2.65. The van der Waals surface area contributed by atoms with Crippen LogP contribution in [0.3, 0.4) is 0 Å². The third-order valence-corrected chi connectivity index (χ3v) is 10.5. The maximum atomic E-state index is 12.6. The first-order chi connectivity index (χ1) is 17.1. The van der Waals surface area contributed by atoms with Crippen LogP contribution in [0.1, 0.15) is 79.6 Å². The Morgan fingerprint density at radius 1 is 1.08 bits per heavy atom. The van der Waals surface area contributed by atoms with Gasteiger partial charge < -0.3 is 20.4 Å². The van der Waals surface area contributed by atoms with E-state index in [2.05, 4.69) is 59.9 Å². The van der Waals surface area contributed by atoms with E-state index in [9.17, 15) is 30.0 Å². The van der Waals surface area contributed by atoms with Gasteiger partial charge in [-0.3, -0.25) is 9.59 Å². The zero-order valence-electron chi connectivity index (χ0n) is 23.2.